The summed E-state index contributed by atoms with van der Waals surface area (Å²) in [4.78, 5) is 10.1. The van der Waals surface area contributed by atoms with Crippen LogP contribution in [0.5, 0.6) is 0 Å². The SMILES string of the molecule is O=CC(Br)c1cc2ccccc2o1. The summed E-state index contributed by atoms with van der Waals surface area (Å²) < 4.78 is 5.44. The van der Waals surface area contributed by atoms with Crippen molar-refractivity contribution in [3.63, 3.8) is 0 Å². The highest BCUT2D eigenvalue weighted by Gasteiger charge is 2.10. The molecular weight excluding hydrogens is 232 g/mol. The lowest BCUT2D eigenvalue weighted by atomic mass is 10.2. The van der Waals surface area contributed by atoms with Crippen molar-refractivity contribution in [2.24, 2.45) is 0 Å². The van der Waals surface area contributed by atoms with Gasteiger partial charge >= 0.3 is 0 Å². The van der Waals surface area contributed by atoms with Gasteiger partial charge in [-0.2, -0.15) is 0 Å². The third kappa shape index (κ3) is 1.52. The van der Waals surface area contributed by atoms with Crippen LogP contribution in [0, 0.1) is 0 Å². The summed E-state index contributed by atoms with van der Waals surface area (Å²) >= 11 is 3.20. The molecule has 0 saturated carbocycles. The van der Waals surface area contributed by atoms with E-state index in [1.54, 1.807) is 0 Å². The summed E-state index contributed by atoms with van der Waals surface area (Å²) in [6.45, 7) is 0. The maximum atomic E-state index is 10.5. The number of aldehydes is 1. The largest absolute Gasteiger partial charge is 0.459 e. The first kappa shape index (κ1) is 8.51. The van der Waals surface area contributed by atoms with Crippen molar-refractivity contribution < 1.29 is 9.21 Å². The number of para-hydroxylation sites is 1. The Hall–Kier alpha value is -1.09. The Morgan fingerprint density at radius 1 is 1.38 bits per heavy atom. The molecule has 0 spiro atoms. The van der Waals surface area contributed by atoms with E-state index in [1.165, 1.54) is 0 Å². The van der Waals surface area contributed by atoms with E-state index in [2.05, 4.69) is 15.9 Å². The molecule has 3 heteroatoms. The van der Waals surface area contributed by atoms with Crippen LogP contribution in [0.2, 0.25) is 0 Å². The Morgan fingerprint density at radius 2 is 2.15 bits per heavy atom. The van der Waals surface area contributed by atoms with Gasteiger partial charge in [0.25, 0.3) is 0 Å². The first-order chi connectivity index (χ1) is 6.31. The molecule has 66 valence electrons. The monoisotopic (exact) mass is 238 g/mol. The van der Waals surface area contributed by atoms with Crippen molar-refractivity contribution in [2.75, 3.05) is 0 Å². The number of carbonyl (C=O) groups is 1. The average Bonchev–Trinajstić information content (AvgIpc) is 2.59. The van der Waals surface area contributed by atoms with Crippen molar-refractivity contribution >= 4 is 33.2 Å². The smallest absolute Gasteiger partial charge is 0.141 e. The second kappa shape index (κ2) is 3.34. The number of hydrogen-bond donors (Lipinski definition) is 0. The third-order valence-electron chi connectivity index (χ3n) is 1.84. The Balaban J connectivity index is 2.55. The molecule has 0 radical (unpaired) electrons. The number of rotatable bonds is 2. The van der Waals surface area contributed by atoms with Gasteiger partial charge < -0.3 is 9.21 Å². The van der Waals surface area contributed by atoms with Crippen LogP contribution in [0.1, 0.15) is 10.6 Å². The van der Waals surface area contributed by atoms with E-state index in [1.807, 2.05) is 30.3 Å². The fourth-order valence-electron chi connectivity index (χ4n) is 1.21. The first-order valence-electron chi connectivity index (χ1n) is 3.89. The lowest BCUT2D eigenvalue weighted by Gasteiger charge is -1.92. The Kier molecular flexibility index (Phi) is 2.19. The molecule has 0 amide bonds. The van der Waals surface area contributed by atoms with Crippen LogP contribution < -0.4 is 0 Å². The molecule has 2 rings (SSSR count). The molecule has 1 aromatic carbocycles. The van der Waals surface area contributed by atoms with Gasteiger partial charge in [0, 0.05) is 5.39 Å². The summed E-state index contributed by atoms with van der Waals surface area (Å²) in [7, 11) is 0. The number of halogens is 1. The van der Waals surface area contributed by atoms with Gasteiger partial charge in [0.1, 0.15) is 22.5 Å². The lowest BCUT2D eigenvalue weighted by Crippen LogP contribution is -1.85. The number of carbonyl (C=O) groups excluding carboxylic acids is 1. The zero-order valence-electron chi connectivity index (χ0n) is 6.74. The maximum absolute atomic E-state index is 10.5. The van der Waals surface area contributed by atoms with Crippen LogP contribution in [0.15, 0.2) is 34.7 Å². The molecule has 0 fully saturated rings. The fourth-order valence-corrected chi connectivity index (χ4v) is 1.43. The van der Waals surface area contributed by atoms with E-state index in [4.69, 9.17) is 4.42 Å². The Labute approximate surface area is 83.7 Å². The molecule has 13 heavy (non-hydrogen) atoms. The summed E-state index contributed by atoms with van der Waals surface area (Å²) in [5.74, 6) is 0.649. The molecule has 1 atom stereocenters. The van der Waals surface area contributed by atoms with Crippen molar-refractivity contribution in [3.05, 3.63) is 36.1 Å². The molecule has 0 aliphatic heterocycles. The standard InChI is InChI=1S/C10H7BrO2/c11-8(6-12)10-5-7-3-1-2-4-9(7)13-10/h1-6,8H. The van der Waals surface area contributed by atoms with Crippen molar-refractivity contribution in [2.45, 2.75) is 4.83 Å². The highest BCUT2D eigenvalue weighted by Crippen LogP contribution is 2.27. The van der Waals surface area contributed by atoms with Crippen LogP contribution in [0.25, 0.3) is 11.0 Å². The minimum absolute atomic E-state index is 0.347. The van der Waals surface area contributed by atoms with E-state index in [-0.39, 0.29) is 4.83 Å². The fraction of sp³-hybridized carbons (Fsp3) is 0.100. The second-order valence-corrected chi connectivity index (χ2v) is 3.71. The van der Waals surface area contributed by atoms with Crippen LogP contribution in [-0.2, 0) is 4.79 Å². The van der Waals surface area contributed by atoms with Crippen LogP contribution >= 0.6 is 15.9 Å². The van der Waals surface area contributed by atoms with Crippen LogP contribution in [0.4, 0.5) is 0 Å². The highest BCUT2D eigenvalue weighted by molar-refractivity contribution is 9.09. The van der Waals surface area contributed by atoms with Gasteiger partial charge in [-0.05, 0) is 12.1 Å². The molecule has 0 aliphatic carbocycles. The molecule has 0 aliphatic rings. The summed E-state index contributed by atoms with van der Waals surface area (Å²) in [5.41, 5.74) is 0.809. The van der Waals surface area contributed by atoms with Gasteiger partial charge in [0.15, 0.2) is 0 Å². The third-order valence-corrected chi connectivity index (χ3v) is 2.50. The molecule has 0 bridgehead atoms. The van der Waals surface area contributed by atoms with Gasteiger partial charge in [-0.1, -0.05) is 34.1 Å². The van der Waals surface area contributed by atoms with Crippen molar-refractivity contribution in [3.8, 4) is 0 Å². The molecule has 2 aromatic rings. The minimum Gasteiger partial charge on any atom is -0.459 e. The van der Waals surface area contributed by atoms with Crippen LogP contribution in [-0.4, -0.2) is 6.29 Å². The quantitative estimate of drug-likeness (QED) is 0.595. The molecule has 1 aromatic heterocycles. The predicted molar refractivity (Wildman–Crippen MR) is 53.9 cm³/mol. The summed E-state index contributed by atoms with van der Waals surface area (Å²) in [5, 5.41) is 1.02. The van der Waals surface area contributed by atoms with Crippen LogP contribution in [0.3, 0.4) is 0 Å². The highest BCUT2D eigenvalue weighted by atomic mass is 79.9. The van der Waals surface area contributed by atoms with E-state index >= 15 is 0 Å². The number of benzene rings is 1. The molecule has 1 heterocycles. The molecular formula is C10H7BrO2. The Morgan fingerprint density at radius 3 is 2.85 bits per heavy atom. The number of fused-ring (bicyclic) bond motifs is 1. The minimum atomic E-state index is -0.347. The van der Waals surface area contributed by atoms with Crippen molar-refractivity contribution in [1.82, 2.24) is 0 Å². The van der Waals surface area contributed by atoms with Gasteiger partial charge in [0.05, 0.1) is 0 Å². The zero-order chi connectivity index (χ0) is 9.26. The van der Waals surface area contributed by atoms with E-state index < -0.39 is 0 Å². The first-order valence-corrected chi connectivity index (χ1v) is 4.80. The van der Waals surface area contributed by atoms with E-state index in [0.717, 1.165) is 17.3 Å². The number of hydrogen-bond acceptors (Lipinski definition) is 2. The molecule has 0 N–H and O–H groups in total. The second-order valence-electron chi connectivity index (χ2n) is 2.72. The van der Waals surface area contributed by atoms with Gasteiger partial charge in [-0.25, -0.2) is 0 Å². The maximum Gasteiger partial charge on any atom is 0.141 e. The van der Waals surface area contributed by atoms with Crippen molar-refractivity contribution in [1.29, 1.82) is 0 Å². The number of alkyl halides is 1. The van der Waals surface area contributed by atoms with E-state index in [0.29, 0.717) is 5.76 Å². The lowest BCUT2D eigenvalue weighted by molar-refractivity contribution is -0.107. The Bertz CT molecular complexity index is 400. The topological polar surface area (TPSA) is 30.2 Å². The molecule has 1 unspecified atom stereocenters. The zero-order valence-corrected chi connectivity index (χ0v) is 8.32. The predicted octanol–water partition coefficient (Wildman–Crippen LogP) is 3.07. The molecule has 0 saturated heterocycles. The van der Waals surface area contributed by atoms with Gasteiger partial charge in [-0.3, -0.25) is 0 Å². The normalized spacial score (nSPS) is 13.0. The van der Waals surface area contributed by atoms with Gasteiger partial charge in [0.2, 0.25) is 0 Å². The number of furan rings is 1. The van der Waals surface area contributed by atoms with E-state index in [9.17, 15) is 4.79 Å². The summed E-state index contributed by atoms with van der Waals surface area (Å²) in [6, 6.07) is 9.53. The average molecular weight is 239 g/mol. The molecule has 2 nitrogen and oxygen atoms in total. The van der Waals surface area contributed by atoms with Gasteiger partial charge in [-0.15, -0.1) is 0 Å². The summed E-state index contributed by atoms with van der Waals surface area (Å²) in [6.07, 6.45) is 0.803.